The molecule has 27 heavy (non-hydrogen) atoms. The summed E-state index contributed by atoms with van der Waals surface area (Å²) in [6.07, 6.45) is 2.39. The van der Waals surface area contributed by atoms with Crippen LogP contribution in [0.3, 0.4) is 0 Å². The highest BCUT2D eigenvalue weighted by atomic mass is 16.6. The number of amides is 2. The summed E-state index contributed by atoms with van der Waals surface area (Å²) in [6, 6.07) is 7.38. The lowest BCUT2D eigenvalue weighted by Gasteiger charge is -2.14. The molecule has 2 amide bonds. The van der Waals surface area contributed by atoms with Crippen molar-refractivity contribution in [3.63, 3.8) is 0 Å². The largest absolute Gasteiger partial charge is 0.442 e. The maximum Gasteiger partial charge on any atom is 0.414 e. The Morgan fingerprint density at radius 1 is 1.30 bits per heavy atom. The SMILES string of the molecule is CC(=O)NC[C@H]1CN(c2ccc(C3=Cc4cn(O)c(=O)n4C3)cc2)C(=O)O1. The van der Waals surface area contributed by atoms with E-state index in [0.717, 1.165) is 11.1 Å². The molecule has 9 heteroatoms. The molecule has 2 aliphatic heterocycles. The van der Waals surface area contributed by atoms with Crippen LogP contribution in [0.2, 0.25) is 0 Å². The first-order valence-electron chi connectivity index (χ1n) is 8.47. The topological polar surface area (TPSA) is 106 Å². The first-order chi connectivity index (χ1) is 12.9. The van der Waals surface area contributed by atoms with Gasteiger partial charge >= 0.3 is 11.8 Å². The van der Waals surface area contributed by atoms with E-state index in [9.17, 15) is 19.6 Å². The predicted molar refractivity (Wildman–Crippen MR) is 96.5 cm³/mol. The second kappa shape index (κ2) is 6.35. The minimum absolute atomic E-state index is 0.169. The quantitative estimate of drug-likeness (QED) is 0.778. The molecule has 1 aromatic carbocycles. The summed E-state index contributed by atoms with van der Waals surface area (Å²) in [4.78, 5) is 36.4. The summed E-state index contributed by atoms with van der Waals surface area (Å²) in [5.41, 5.74) is 2.74. The summed E-state index contributed by atoms with van der Waals surface area (Å²) in [5.74, 6) is -0.169. The predicted octanol–water partition coefficient (Wildman–Crippen LogP) is 0.903. The molecule has 0 bridgehead atoms. The smallest absolute Gasteiger partial charge is 0.414 e. The normalized spacial score (nSPS) is 18.3. The Kier molecular flexibility index (Phi) is 3.98. The van der Waals surface area contributed by atoms with Crippen molar-refractivity contribution in [2.45, 2.75) is 19.6 Å². The molecule has 140 valence electrons. The van der Waals surface area contributed by atoms with E-state index in [-0.39, 0.29) is 18.6 Å². The number of hydrogen-bond acceptors (Lipinski definition) is 5. The van der Waals surface area contributed by atoms with Crippen LogP contribution in [0, 0.1) is 0 Å². The lowest BCUT2D eigenvalue weighted by atomic mass is 10.1. The third-order valence-electron chi connectivity index (χ3n) is 4.65. The molecule has 2 aliphatic rings. The number of allylic oxidation sites excluding steroid dienone is 1. The van der Waals surface area contributed by atoms with Gasteiger partial charge in [-0.3, -0.25) is 14.3 Å². The average molecular weight is 370 g/mol. The monoisotopic (exact) mass is 370 g/mol. The number of imidazole rings is 1. The number of fused-ring (bicyclic) bond motifs is 1. The molecule has 0 radical (unpaired) electrons. The van der Waals surface area contributed by atoms with Crippen LogP contribution in [-0.4, -0.2) is 45.7 Å². The molecule has 3 heterocycles. The molecule has 0 aliphatic carbocycles. The number of ether oxygens (including phenoxy) is 1. The van der Waals surface area contributed by atoms with Crippen molar-refractivity contribution in [1.82, 2.24) is 14.6 Å². The van der Waals surface area contributed by atoms with Gasteiger partial charge in [0.1, 0.15) is 6.10 Å². The van der Waals surface area contributed by atoms with Crippen molar-refractivity contribution in [2.75, 3.05) is 18.0 Å². The number of anilines is 1. The molecule has 1 aromatic heterocycles. The van der Waals surface area contributed by atoms with Gasteiger partial charge < -0.3 is 15.3 Å². The molecule has 1 fully saturated rings. The molecular weight excluding hydrogens is 352 g/mol. The van der Waals surface area contributed by atoms with E-state index in [1.165, 1.54) is 22.6 Å². The number of nitrogens with zero attached hydrogens (tertiary/aromatic N) is 3. The van der Waals surface area contributed by atoms with E-state index in [2.05, 4.69) is 5.32 Å². The van der Waals surface area contributed by atoms with Gasteiger partial charge in [0.05, 0.1) is 31.5 Å². The Hall–Kier alpha value is -3.49. The van der Waals surface area contributed by atoms with E-state index in [1.54, 1.807) is 0 Å². The highest BCUT2D eigenvalue weighted by molar-refractivity contribution is 5.90. The number of aromatic nitrogens is 2. The van der Waals surface area contributed by atoms with Gasteiger partial charge in [0, 0.05) is 12.6 Å². The van der Waals surface area contributed by atoms with Crippen LogP contribution in [0.15, 0.2) is 35.3 Å². The third kappa shape index (κ3) is 3.07. The number of carbonyl (C=O) groups excluding carboxylic acids is 2. The van der Waals surface area contributed by atoms with Gasteiger partial charge in [-0.1, -0.05) is 12.1 Å². The van der Waals surface area contributed by atoms with Gasteiger partial charge in [-0.25, -0.2) is 9.59 Å². The fourth-order valence-electron chi connectivity index (χ4n) is 3.28. The number of carbonyl (C=O) groups is 2. The third-order valence-corrected chi connectivity index (χ3v) is 4.65. The molecular formula is C18H18N4O5. The van der Waals surface area contributed by atoms with Gasteiger partial charge in [-0.15, -0.1) is 4.73 Å². The Morgan fingerprint density at radius 2 is 2.04 bits per heavy atom. The fourth-order valence-corrected chi connectivity index (χ4v) is 3.28. The van der Waals surface area contributed by atoms with Crippen LogP contribution in [0.5, 0.6) is 0 Å². The second-order valence-electron chi connectivity index (χ2n) is 6.54. The minimum atomic E-state index is -0.474. The minimum Gasteiger partial charge on any atom is -0.442 e. The van der Waals surface area contributed by atoms with Crippen molar-refractivity contribution >= 4 is 29.3 Å². The van der Waals surface area contributed by atoms with Crippen LogP contribution in [0.25, 0.3) is 11.6 Å². The van der Waals surface area contributed by atoms with Gasteiger partial charge in [-0.05, 0) is 29.3 Å². The number of hydrogen-bond donors (Lipinski definition) is 2. The van der Waals surface area contributed by atoms with Gasteiger partial charge in [0.15, 0.2) is 0 Å². The molecule has 1 saturated heterocycles. The molecule has 2 N–H and O–H groups in total. The number of rotatable bonds is 4. The Labute approximate surface area is 154 Å². The first kappa shape index (κ1) is 17.0. The van der Waals surface area contributed by atoms with Crippen molar-refractivity contribution in [3.05, 3.63) is 52.2 Å². The second-order valence-corrected chi connectivity index (χ2v) is 6.54. The van der Waals surface area contributed by atoms with Crippen molar-refractivity contribution in [2.24, 2.45) is 0 Å². The van der Waals surface area contributed by atoms with Crippen LogP contribution < -0.4 is 15.9 Å². The molecule has 0 saturated carbocycles. The van der Waals surface area contributed by atoms with E-state index in [1.807, 2.05) is 30.3 Å². The lowest BCUT2D eigenvalue weighted by Crippen LogP contribution is -2.33. The van der Waals surface area contributed by atoms with Crippen molar-refractivity contribution < 1.29 is 19.5 Å². The molecule has 4 rings (SSSR count). The van der Waals surface area contributed by atoms with E-state index >= 15 is 0 Å². The zero-order valence-corrected chi connectivity index (χ0v) is 14.6. The molecule has 1 atom stereocenters. The maximum atomic E-state index is 12.1. The van der Waals surface area contributed by atoms with Crippen molar-refractivity contribution in [1.29, 1.82) is 0 Å². The van der Waals surface area contributed by atoms with Crippen LogP contribution in [0.4, 0.5) is 10.5 Å². The number of benzene rings is 1. The summed E-state index contributed by atoms with van der Waals surface area (Å²) >= 11 is 0. The van der Waals surface area contributed by atoms with Gasteiger partial charge in [-0.2, -0.15) is 0 Å². The average Bonchev–Trinajstić information content (AvgIpc) is 3.29. The zero-order valence-electron chi connectivity index (χ0n) is 14.6. The number of nitrogens with one attached hydrogen (secondary N) is 1. The summed E-state index contributed by atoms with van der Waals surface area (Å²) in [5, 5.41) is 12.0. The van der Waals surface area contributed by atoms with Crippen molar-refractivity contribution in [3.8, 4) is 0 Å². The zero-order chi connectivity index (χ0) is 19.1. The van der Waals surface area contributed by atoms with Gasteiger partial charge in [0.25, 0.3) is 0 Å². The summed E-state index contributed by atoms with van der Waals surface area (Å²) in [6.45, 7) is 2.44. The lowest BCUT2D eigenvalue weighted by molar-refractivity contribution is -0.119. The van der Waals surface area contributed by atoms with E-state index in [4.69, 9.17) is 4.74 Å². The van der Waals surface area contributed by atoms with Crippen LogP contribution in [-0.2, 0) is 16.1 Å². The van der Waals surface area contributed by atoms with E-state index in [0.29, 0.717) is 29.2 Å². The Bertz CT molecular complexity index is 1000. The summed E-state index contributed by atoms with van der Waals surface area (Å²) < 4.78 is 7.31. The fraction of sp³-hybridized carbons (Fsp3) is 0.278. The Balaban J connectivity index is 1.47. The van der Waals surface area contributed by atoms with E-state index < -0.39 is 11.8 Å². The Morgan fingerprint density at radius 3 is 2.70 bits per heavy atom. The molecule has 9 nitrogen and oxygen atoms in total. The summed E-state index contributed by atoms with van der Waals surface area (Å²) in [7, 11) is 0. The molecule has 0 unspecified atom stereocenters. The standard InChI is InChI=1S/C18H18N4O5/c1-11(23)19-7-16-10-21(18(25)27-16)14-4-2-12(3-5-14)13-6-15-9-22(26)17(24)20(15)8-13/h2-6,9,16,26H,7-8,10H2,1H3,(H,19,23)/t16-/m0/s1. The highest BCUT2D eigenvalue weighted by Gasteiger charge is 2.32. The maximum absolute atomic E-state index is 12.1. The van der Waals surface area contributed by atoms with Crippen LogP contribution >= 0.6 is 0 Å². The number of cyclic esters (lactones) is 1. The molecule has 0 spiro atoms. The first-order valence-corrected chi connectivity index (χ1v) is 8.47. The van der Waals surface area contributed by atoms with Gasteiger partial charge in [0.2, 0.25) is 5.91 Å². The molecule has 2 aromatic rings. The van der Waals surface area contributed by atoms with Crippen LogP contribution in [0.1, 0.15) is 18.2 Å². The highest BCUT2D eigenvalue weighted by Crippen LogP contribution is 2.28.